The summed E-state index contributed by atoms with van der Waals surface area (Å²) in [6.45, 7) is 0. The fraction of sp³-hybridized carbons (Fsp3) is 0. The summed E-state index contributed by atoms with van der Waals surface area (Å²) >= 11 is 0. The molecule has 0 atom stereocenters. The van der Waals surface area contributed by atoms with Crippen LogP contribution in [0.25, 0.3) is 16.8 Å². The zero-order valence-electron chi connectivity index (χ0n) is 9.32. The summed E-state index contributed by atoms with van der Waals surface area (Å²) in [5, 5.41) is 13.2. The van der Waals surface area contributed by atoms with E-state index in [9.17, 15) is 4.79 Å². The lowest BCUT2D eigenvalue weighted by Crippen LogP contribution is -1.99. The summed E-state index contributed by atoms with van der Waals surface area (Å²) in [5.41, 5.74) is 2.46. The van der Waals surface area contributed by atoms with Gasteiger partial charge in [-0.05, 0) is 29.3 Å². The van der Waals surface area contributed by atoms with Gasteiger partial charge in [-0.15, -0.1) is 0 Å². The number of carboxylic acid groups (broad SMARTS) is 1. The smallest absolute Gasteiger partial charge is 0.336 e. The molecular weight excluding hydrogens is 230 g/mol. The van der Waals surface area contributed by atoms with Gasteiger partial charge in [-0.1, -0.05) is 18.2 Å². The van der Waals surface area contributed by atoms with Crippen LogP contribution in [0.4, 0.5) is 0 Å². The Hall–Kier alpha value is -2.69. The maximum absolute atomic E-state index is 11.2. The molecule has 0 unspecified atom stereocenters. The number of aromatic nitrogens is 3. The van der Waals surface area contributed by atoms with Crippen LogP contribution in [-0.4, -0.2) is 25.7 Å². The topological polar surface area (TPSA) is 67.5 Å². The minimum absolute atomic E-state index is 0.279. The largest absolute Gasteiger partial charge is 0.478 e. The molecule has 88 valence electrons. The molecule has 0 amide bonds. The van der Waals surface area contributed by atoms with Crippen molar-refractivity contribution in [3.05, 3.63) is 54.5 Å². The minimum Gasteiger partial charge on any atom is -0.478 e. The highest BCUT2D eigenvalue weighted by Gasteiger charge is 2.11. The summed E-state index contributed by atoms with van der Waals surface area (Å²) in [6, 6.07) is 10.5. The van der Waals surface area contributed by atoms with Crippen LogP contribution in [0.2, 0.25) is 0 Å². The van der Waals surface area contributed by atoms with E-state index in [1.54, 1.807) is 28.9 Å². The van der Waals surface area contributed by atoms with Gasteiger partial charge in [0.15, 0.2) is 5.65 Å². The number of pyridine rings is 1. The first kappa shape index (κ1) is 10.5. The molecule has 1 N–H and O–H groups in total. The highest BCUT2D eigenvalue weighted by atomic mass is 16.4. The number of carbonyl (C=O) groups is 1. The number of carboxylic acids is 1. The van der Waals surface area contributed by atoms with Crippen molar-refractivity contribution in [2.24, 2.45) is 0 Å². The van der Waals surface area contributed by atoms with Crippen molar-refractivity contribution < 1.29 is 9.90 Å². The van der Waals surface area contributed by atoms with Crippen LogP contribution in [0, 0.1) is 0 Å². The zero-order valence-corrected chi connectivity index (χ0v) is 9.32. The first-order chi connectivity index (χ1) is 8.75. The summed E-state index contributed by atoms with van der Waals surface area (Å²) in [4.78, 5) is 15.3. The molecule has 2 heterocycles. The van der Waals surface area contributed by atoms with Crippen molar-refractivity contribution in [1.29, 1.82) is 0 Å². The highest BCUT2D eigenvalue weighted by Crippen LogP contribution is 2.24. The third kappa shape index (κ3) is 1.62. The average Bonchev–Trinajstić information content (AvgIpc) is 2.85. The van der Waals surface area contributed by atoms with Gasteiger partial charge in [0.25, 0.3) is 0 Å². The van der Waals surface area contributed by atoms with Gasteiger partial charge in [-0.25, -0.2) is 14.3 Å². The summed E-state index contributed by atoms with van der Waals surface area (Å²) < 4.78 is 1.63. The Morgan fingerprint density at radius 1 is 1.22 bits per heavy atom. The predicted octanol–water partition coefficient (Wildman–Crippen LogP) is 2.09. The zero-order chi connectivity index (χ0) is 12.5. The van der Waals surface area contributed by atoms with Crippen molar-refractivity contribution in [3.8, 4) is 11.1 Å². The molecular formula is C13H9N3O2. The SMILES string of the molecule is O=C(O)c1ccccc1-c1ccn2ncnc2c1. The molecule has 5 heteroatoms. The molecule has 0 saturated carbocycles. The molecule has 2 aromatic heterocycles. The number of hydrogen-bond acceptors (Lipinski definition) is 3. The number of nitrogens with zero attached hydrogens (tertiary/aromatic N) is 3. The third-order valence-electron chi connectivity index (χ3n) is 2.75. The number of hydrogen-bond donors (Lipinski definition) is 1. The molecule has 0 radical (unpaired) electrons. The van der Waals surface area contributed by atoms with Crippen molar-refractivity contribution in [2.45, 2.75) is 0 Å². The van der Waals surface area contributed by atoms with Crippen LogP contribution in [0.15, 0.2) is 48.9 Å². The van der Waals surface area contributed by atoms with Gasteiger partial charge in [0, 0.05) is 6.20 Å². The van der Waals surface area contributed by atoms with Gasteiger partial charge in [-0.2, -0.15) is 5.10 Å². The lowest BCUT2D eigenvalue weighted by atomic mass is 10.0. The van der Waals surface area contributed by atoms with Crippen LogP contribution in [0.5, 0.6) is 0 Å². The molecule has 0 aliphatic carbocycles. The fourth-order valence-corrected chi connectivity index (χ4v) is 1.90. The summed E-state index contributed by atoms with van der Waals surface area (Å²) in [7, 11) is 0. The van der Waals surface area contributed by atoms with Crippen LogP contribution in [0.1, 0.15) is 10.4 Å². The second kappa shape index (κ2) is 3.96. The number of benzene rings is 1. The molecule has 1 aromatic carbocycles. The highest BCUT2D eigenvalue weighted by molar-refractivity contribution is 5.96. The first-order valence-electron chi connectivity index (χ1n) is 5.38. The second-order valence-electron chi connectivity index (χ2n) is 3.83. The van der Waals surface area contributed by atoms with Crippen LogP contribution < -0.4 is 0 Å². The van der Waals surface area contributed by atoms with Gasteiger partial charge >= 0.3 is 5.97 Å². The van der Waals surface area contributed by atoms with Gasteiger partial charge in [0.1, 0.15) is 6.33 Å². The molecule has 0 fully saturated rings. The summed E-state index contributed by atoms with van der Waals surface area (Å²) in [6.07, 6.45) is 3.22. The minimum atomic E-state index is -0.938. The molecule has 0 aliphatic heterocycles. The van der Waals surface area contributed by atoms with E-state index < -0.39 is 5.97 Å². The number of rotatable bonds is 2. The van der Waals surface area contributed by atoms with E-state index in [-0.39, 0.29) is 5.56 Å². The quantitative estimate of drug-likeness (QED) is 0.743. The second-order valence-corrected chi connectivity index (χ2v) is 3.83. The predicted molar refractivity (Wildman–Crippen MR) is 65.4 cm³/mol. The van der Waals surface area contributed by atoms with Crippen LogP contribution in [-0.2, 0) is 0 Å². The van der Waals surface area contributed by atoms with Crippen LogP contribution >= 0.6 is 0 Å². The van der Waals surface area contributed by atoms with Crippen LogP contribution in [0.3, 0.4) is 0 Å². The molecule has 5 nitrogen and oxygen atoms in total. The van der Waals surface area contributed by atoms with Crippen molar-refractivity contribution in [3.63, 3.8) is 0 Å². The van der Waals surface area contributed by atoms with Crippen molar-refractivity contribution in [2.75, 3.05) is 0 Å². The standard InChI is InChI=1S/C13H9N3O2/c17-13(18)11-4-2-1-3-10(11)9-5-6-16-12(7-9)14-8-15-16/h1-8H,(H,17,18). The lowest BCUT2D eigenvalue weighted by Gasteiger charge is -2.05. The molecule has 18 heavy (non-hydrogen) atoms. The molecule has 0 aliphatic rings. The van der Waals surface area contributed by atoms with E-state index >= 15 is 0 Å². The third-order valence-corrected chi connectivity index (χ3v) is 2.75. The van der Waals surface area contributed by atoms with Gasteiger partial charge in [-0.3, -0.25) is 0 Å². The Morgan fingerprint density at radius 2 is 2.06 bits per heavy atom. The Kier molecular flexibility index (Phi) is 2.30. The Morgan fingerprint density at radius 3 is 2.89 bits per heavy atom. The normalized spacial score (nSPS) is 10.7. The molecule has 0 saturated heterocycles. The van der Waals surface area contributed by atoms with Crippen molar-refractivity contribution >= 4 is 11.6 Å². The molecule has 3 aromatic rings. The maximum atomic E-state index is 11.2. The first-order valence-corrected chi connectivity index (χ1v) is 5.38. The number of aromatic carboxylic acids is 1. The van der Waals surface area contributed by atoms with E-state index in [0.29, 0.717) is 11.2 Å². The molecule has 0 spiro atoms. The van der Waals surface area contributed by atoms with Crippen molar-refractivity contribution in [1.82, 2.24) is 14.6 Å². The lowest BCUT2D eigenvalue weighted by molar-refractivity contribution is 0.0697. The Balaban J connectivity index is 2.22. The summed E-state index contributed by atoms with van der Waals surface area (Å²) in [5.74, 6) is -0.938. The van der Waals surface area contributed by atoms with E-state index in [0.717, 1.165) is 5.56 Å². The van der Waals surface area contributed by atoms with Gasteiger partial charge in [0.2, 0.25) is 0 Å². The van der Waals surface area contributed by atoms with Gasteiger partial charge in [0.05, 0.1) is 5.56 Å². The monoisotopic (exact) mass is 239 g/mol. The molecule has 3 rings (SSSR count). The Bertz CT molecular complexity index is 734. The van der Waals surface area contributed by atoms with E-state index in [2.05, 4.69) is 10.1 Å². The van der Waals surface area contributed by atoms with Gasteiger partial charge < -0.3 is 5.11 Å². The Labute approximate surface area is 102 Å². The number of fused-ring (bicyclic) bond motifs is 1. The van der Waals surface area contributed by atoms with E-state index in [4.69, 9.17) is 5.11 Å². The fourth-order valence-electron chi connectivity index (χ4n) is 1.90. The maximum Gasteiger partial charge on any atom is 0.336 e. The van der Waals surface area contributed by atoms with E-state index in [1.165, 1.54) is 6.33 Å². The van der Waals surface area contributed by atoms with E-state index in [1.807, 2.05) is 18.2 Å². The average molecular weight is 239 g/mol. The molecule has 0 bridgehead atoms.